The van der Waals surface area contributed by atoms with Gasteiger partial charge in [0, 0.05) is 5.56 Å². The van der Waals surface area contributed by atoms with E-state index in [4.69, 9.17) is 10.2 Å². The number of aliphatic hydroxyl groups excluding tert-OH is 1. The molecule has 1 aromatic rings. The monoisotopic (exact) mass is 228 g/mol. The van der Waals surface area contributed by atoms with Gasteiger partial charge in [-0.15, -0.1) is 0 Å². The molecule has 0 spiro atoms. The van der Waals surface area contributed by atoms with E-state index in [0.717, 1.165) is 5.57 Å². The summed E-state index contributed by atoms with van der Waals surface area (Å²) in [4.78, 5) is 11.8. The van der Waals surface area contributed by atoms with Crippen LogP contribution in [-0.2, 0) is 0 Å². The van der Waals surface area contributed by atoms with Gasteiger partial charge in [-0.2, -0.15) is 0 Å². The van der Waals surface area contributed by atoms with Gasteiger partial charge in [0.05, 0.1) is 0 Å². The Bertz CT molecular complexity index is 519. The zero-order valence-electron chi connectivity index (χ0n) is 9.13. The van der Waals surface area contributed by atoms with Gasteiger partial charge in [-0.25, -0.2) is 0 Å². The minimum Gasteiger partial charge on any atom is -0.508 e. The fraction of sp³-hybridized carbons (Fsp3) is 0.0714. The molecule has 3 nitrogen and oxygen atoms in total. The smallest absolute Gasteiger partial charge is 0.186 e. The van der Waals surface area contributed by atoms with E-state index in [-0.39, 0.29) is 17.3 Å². The Labute approximate surface area is 99.0 Å². The molecular formula is C14H12O3. The van der Waals surface area contributed by atoms with E-state index in [0.29, 0.717) is 12.0 Å². The minimum absolute atomic E-state index is 0.112. The second-order valence-corrected chi connectivity index (χ2v) is 3.80. The van der Waals surface area contributed by atoms with Crippen LogP contribution in [0.5, 0.6) is 5.75 Å². The fourth-order valence-electron chi connectivity index (χ4n) is 1.54. The van der Waals surface area contributed by atoms with Crippen LogP contribution in [0, 0.1) is 0 Å². The number of aliphatic hydroxyl groups is 1. The Kier molecular flexibility index (Phi) is 3.10. The van der Waals surface area contributed by atoms with Gasteiger partial charge < -0.3 is 10.2 Å². The van der Waals surface area contributed by atoms with E-state index >= 15 is 0 Å². The van der Waals surface area contributed by atoms with Crippen molar-refractivity contribution in [2.75, 3.05) is 0 Å². The van der Waals surface area contributed by atoms with Crippen LogP contribution < -0.4 is 0 Å². The minimum atomic E-state index is -0.112. The Morgan fingerprint density at radius 2 is 1.82 bits per heavy atom. The molecule has 2 N–H and O–H groups in total. The van der Waals surface area contributed by atoms with E-state index in [2.05, 4.69) is 0 Å². The summed E-state index contributed by atoms with van der Waals surface area (Å²) in [6.07, 6.45) is 7.00. The highest BCUT2D eigenvalue weighted by molar-refractivity contribution is 6.05. The summed E-state index contributed by atoms with van der Waals surface area (Å²) in [6.45, 7) is 0. The predicted octanol–water partition coefficient (Wildman–Crippen LogP) is 2.90. The third kappa shape index (κ3) is 2.84. The molecule has 86 valence electrons. The third-order valence-corrected chi connectivity index (χ3v) is 2.48. The number of phenolic OH excluding ortho intramolecular Hbond substituents is 1. The van der Waals surface area contributed by atoms with Crippen molar-refractivity contribution in [1.29, 1.82) is 0 Å². The average Bonchev–Trinajstić information content (AvgIpc) is 2.33. The SMILES string of the molecule is O=C(C=C1C=CC(O)=CC1)c1ccc(O)cc1. The van der Waals surface area contributed by atoms with E-state index in [1.54, 1.807) is 30.4 Å². The van der Waals surface area contributed by atoms with Crippen LogP contribution in [0.15, 0.2) is 59.9 Å². The molecule has 0 fully saturated rings. The standard InChI is InChI=1S/C14H12O3/c15-12-5-1-10(2-6-12)9-14(17)11-3-7-13(16)8-4-11/h1,3-9,15-16H,2H2. The van der Waals surface area contributed by atoms with Gasteiger partial charge in [0.2, 0.25) is 0 Å². The van der Waals surface area contributed by atoms with E-state index in [1.165, 1.54) is 18.2 Å². The molecule has 0 radical (unpaired) electrons. The number of hydrogen-bond acceptors (Lipinski definition) is 3. The molecule has 0 unspecified atom stereocenters. The van der Waals surface area contributed by atoms with Gasteiger partial charge >= 0.3 is 0 Å². The highest BCUT2D eigenvalue weighted by Gasteiger charge is 2.05. The molecule has 0 aromatic heterocycles. The second-order valence-electron chi connectivity index (χ2n) is 3.80. The van der Waals surface area contributed by atoms with Gasteiger partial charge in [0.15, 0.2) is 5.78 Å². The number of phenols is 1. The van der Waals surface area contributed by atoms with Gasteiger partial charge in [-0.1, -0.05) is 6.08 Å². The van der Waals surface area contributed by atoms with Crippen LogP contribution in [-0.4, -0.2) is 16.0 Å². The Morgan fingerprint density at radius 3 is 2.41 bits per heavy atom. The van der Waals surface area contributed by atoms with Crippen molar-refractivity contribution in [3.63, 3.8) is 0 Å². The lowest BCUT2D eigenvalue weighted by molar-refractivity contribution is 0.104. The van der Waals surface area contributed by atoms with Crippen LogP contribution in [0.25, 0.3) is 0 Å². The summed E-state index contributed by atoms with van der Waals surface area (Å²) in [5.74, 6) is 0.248. The molecule has 3 heteroatoms. The molecule has 1 aliphatic rings. The largest absolute Gasteiger partial charge is 0.508 e. The molecule has 0 atom stereocenters. The van der Waals surface area contributed by atoms with Crippen molar-refractivity contribution in [1.82, 2.24) is 0 Å². The predicted molar refractivity (Wildman–Crippen MR) is 65.0 cm³/mol. The molecule has 0 aliphatic heterocycles. The summed E-state index contributed by atoms with van der Waals surface area (Å²) < 4.78 is 0. The summed E-state index contributed by atoms with van der Waals surface area (Å²) in [5.41, 5.74) is 1.38. The number of ketones is 1. The zero-order valence-corrected chi connectivity index (χ0v) is 9.13. The van der Waals surface area contributed by atoms with E-state index in [1.807, 2.05) is 0 Å². The topological polar surface area (TPSA) is 57.5 Å². The first-order valence-electron chi connectivity index (χ1n) is 5.26. The molecule has 2 rings (SSSR count). The van der Waals surface area contributed by atoms with Crippen LogP contribution in [0.2, 0.25) is 0 Å². The average molecular weight is 228 g/mol. The van der Waals surface area contributed by atoms with Crippen molar-refractivity contribution in [3.8, 4) is 5.75 Å². The third-order valence-electron chi connectivity index (χ3n) is 2.48. The van der Waals surface area contributed by atoms with Crippen LogP contribution in [0.4, 0.5) is 0 Å². The Morgan fingerprint density at radius 1 is 1.12 bits per heavy atom. The molecule has 0 bridgehead atoms. The number of rotatable bonds is 2. The quantitative estimate of drug-likeness (QED) is 0.604. The maximum atomic E-state index is 11.8. The number of allylic oxidation sites excluding steroid dienone is 5. The fourth-order valence-corrected chi connectivity index (χ4v) is 1.54. The van der Waals surface area contributed by atoms with E-state index < -0.39 is 0 Å². The lowest BCUT2D eigenvalue weighted by atomic mass is 10.0. The molecule has 0 amide bonds. The normalized spacial score (nSPS) is 16.9. The molecule has 1 aliphatic carbocycles. The van der Waals surface area contributed by atoms with Gasteiger partial charge in [-0.05, 0) is 54.5 Å². The Hall–Kier alpha value is -2.29. The van der Waals surface area contributed by atoms with Gasteiger partial charge in [0.1, 0.15) is 11.5 Å². The maximum Gasteiger partial charge on any atom is 0.186 e. The molecular weight excluding hydrogens is 216 g/mol. The first-order chi connectivity index (χ1) is 8.15. The lowest BCUT2D eigenvalue weighted by Crippen LogP contribution is -1.97. The van der Waals surface area contributed by atoms with Crippen LogP contribution in [0.1, 0.15) is 16.8 Å². The number of carbonyl (C=O) groups excluding carboxylic acids is 1. The summed E-state index contributed by atoms with van der Waals surface area (Å²) in [7, 11) is 0. The van der Waals surface area contributed by atoms with Crippen LogP contribution >= 0.6 is 0 Å². The zero-order chi connectivity index (χ0) is 12.3. The van der Waals surface area contributed by atoms with Crippen molar-refractivity contribution in [2.24, 2.45) is 0 Å². The highest BCUT2D eigenvalue weighted by atomic mass is 16.3. The van der Waals surface area contributed by atoms with Crippen molar-refractivity contribution >= 4 is 5.78 Å². The molecule has 0 saturated heterocycles. The number of benzene rings is 1. The van der Waals surface area contributed by atoms with Gasteiger partial charge in [0.25, 0.3) is 0 Å². The summed E-state index contributed by atoms with van der Waals surface area (Å²) >= 11 is 0. The van der Waals surface area contributed by atoms with Gasteiger partial charge in [-0.3, -0.25) is 4.79 Å². The number of hydrogen-bond donors (Lipinski definition) is 2. The summed E-state index contributed by atoms with van der Waals surface area (Å²) in [6, 6.07) is 6.12. The second kappa shape index (κ2) is 4.70. The summed E-state index contributed by atoms with van der Waals surface area (Å²) in [5, 5.41) is 18.3. The molecule has 1 aromatic carbocycles. The molecule has 0 heterocycles. The van der Waals surface area contributed by atoms with Crippen molar-refractivity contribution < 1.29 is 15.0 Å². The highest BCUT2D eigenvalue weighted by Crippen LogP contribution is 2.16. The van der Waals surface area contributed by atoms with Crippen molar-refractivity contribution in [3.05, 3.63) is 65.5 Å². The maximum absolute atomic E-state index is 11.8. The first-order valence-corrected chi connectivity index (χ1v) is 5.26. The van der Waals surface area contributed by atoms with Crippen LogP contribution in [0.3, 0.4) is 0 Å². The van der Waals surface area contributed by atoms with Crippen molar-refractivity contribution in [2.45, 2.75) is 6.42 Å². The first kappa shape index (κ1) is 11.2. The number of carbonyl (C=O) groups is 1. The lowest BCUT2D eigenvalue weighted by Gasteiger charge is -2.04. The molecule has 0 saturated carbocycles. The number of aromatic hydroxyl groups is 1. The van der Waals surface area contributed by atoms with E-state index in [9.17, 15) is 4.79 Å². The Balaban J connectivity index is 2.15. The molecule has 17 heavy (non-hydrogen) atoms.